The second kappa shape index (κ2) is 4.28. The molecule has 2 aromatic carbocycles. The SMILES string of the molecule is BrC1(Cc2ccccc2)NCc2ccccc21. The Morgan fingerprint density at radius 2 is 1.71 bits per heavy atom. The summed E-state index contributed by atoms with van der Waals surface area (Å²) in [6, 6.07) is 19.2. The van der Waals surface area contributed by atoms with Crippen LogP contribution in [0.5, 0.6) is 0 Å². The lowest BCUT2D eigenvalue weighted by Crippen LogP contribution is -2.32. The fraction of sp³-hybridized carbons (Fsp3) is 0.200. The minimum atomic E-state index is -0.106. The molecule has 0 radical (unpaired) electrons. The maximum absolute atomic E-state index is 3.87. The van der Waals surface area contributed by atoms with Crippen LogP contribution in [0.2, 0.25) is 0 Å². The molecule has 86 valence electrons. The molecule has 0 saturated heterocycles. The molecule has 17 heavy (non-hydrogen) atoms. The van der Waals surface area contributed by atoms with Gasteiger partial charge < -0.3 is 0 Å². The smallest absolute Gasteiger partial charge is 0.104 e. The summed E-state index contributed by atoms with van der Waals surface area (Å²) in [5, 5.41) is 3.56. The van der Waals surface area contributed by atoms with E-state index < -0.39 is 0 Å². The highest BCUT2D eigenvalue weighted by Gasteiger charge is 2.35. The van der Waals surface area contributed by atoms with Crippen molar-refractivity contribution in [2.24, 2.45) is 0 Å². The molecule has 2 aromatic rings. The molecule has 1 unspecified atom stereocenters. The third kappa shape index (κ3) is 2.03. The number of alkyl halides is 1. The lowest BCUT2D eigenvalue weighted by Gasteiger charge is -2.24. The van der Waals surface area contributed by atoms with E-state index in [4.69, 9.17) is 0 Å². The van der Waals surface area contributed by atoms with Crippen LogP contribution in [0.4, 0.5) is 0 Å². The number of rotatable bonds is 2. The van der Waals surface area contributed by atoms with Gasteiger partial charge in [-0.2, -0.15) is 0 Å². The van der Waals surface area contributed by atoms with Crippen molar-refractivity contribution in [3.63, 3.8) is 0 Å². The van der Waals surface area contributed by atoms with Gasteiger partial charge in [0.2, 0.25) is 0 Å². The van der Waals surface area contributed by atoms with Gasteiger partial charge in [-0.25, -0.2) is 0 Å². The molecule has 3 rings (SSSR count). The Bertz CT molecular complexity index is 523. The van der Waals surface area contributed by atoms with Crippen LogP contribution in [0.15, 0.2) is 54.6 Å². The molecular weight excluding hydrogens is 274 g/mol. The van der Waals surface area contributed by atoms with E-state index >= 15 is 0 Å². The molecule has 1 aliphatic rings. The normalized spacial score (nSPS) is 22.4. The van der Waals surface area contributed by atoms with Gasteiger partial charge in [-0.05, 0) is 16.7 Å². The lowest BCUT2D eigenvalue weighted by molar-refractivity contribution is 0.538. The van der Waals surface area contributed by atoms with E-state index in [1.54, 1.807) is 0 Å². The van der Waals surface area contributed by atoms with Crippen molar-refractivity contribution in [2.75, 3.05) is 0 Å². The van der Waals surface area contributed by atoms with Gasteiger partial charge in [-0.3, -0.25) is 5.32 Å². The van der Waals surface area contributed by atoms with Crippen molar-refractivity contribution in [1.82, 2.24) is 5.32 Å². The second-order valence-corrected chi connectivity index (χ2v) is 5.83. The molecule has 0 fully saturated rings. The van der Waals surface area contributed by atoms with Gasteiger partial charge in [0.25, 0.3) is 0 Å². The molecule has 0 aromatic heterocycles. The Morgan fingerprint density at radius 1 is 1.00 bits per heavy atom. The molecule has 0 aliphatic carbocycles. The van der Waals surface area contributed by atoms with Gasteiger partial charge in [0.15, 0.2) is 0 Å². The average Bonchev–Trinajstić information content (AvgIpc) is 2.69. The highest BCUT2D eigenvalue weighted by atomic mass is 79.9. The molecule has 0 saturated carbocycles. The second-order valence-electron chi connectivity index (χ2n) is 4.47. The van der Waals surface area contributed by atoms with Crippen LogP contribution >= 0.6 is 15.9 Å². The summed E-state index contributed by atoms with van der Waals surface area (Å²) in [4.78, 5) is 0. The van der Waals surface area contributed by atoms with Crippen molar-refractivity contribution >= 4 is 15.9 Å². The highest BCUT2D eigenvalue weighted by Crippen LogP contribution is 2.39. The third-order valence-corrected chi connectivity index (χ3v) is 4.28. The van der Waals surface area contributed by atoms with Crippen LogP contribution in [0, 0.1) is 0 Å². The summed E-state index contributed by atoms with van der Waals surface area (Å²) < 4.78 is -0.106. The fourth-order valence-electron chi connectivity index (χ4n) is 2.43. The van der Waals surface area contributed by atoms with E-state index in [1.165, 1.54) is 16.7 Å². The van der Waals surface area contributed by atoms with Crippen LogP contribution in [0.25, 0.3) is 0 Å². The first-order valence-corrected chi connectivity index (χ1v) is 6.63. The monoisotopic (exact) mass is 287 g/mol. The molecular formula is C15H14BrN. The Balaban J connectivity index is 1.94. The van der Waals surface area contributed by atoms with E-state index in [0.717, 1.165) is 13.0 Å². The van der Waals surface area contributed by atoms with E-state index in [2.05, 4.69) is 75.8 Å². The van der Waals surface area contributed by atoms with Crippen molar-refractivity contribution in [1.29, 1.82) is 0 Å². The van der Waals surface area contributed by atoms with Crippen molar-refractivity contribution in [2.45, 2.75) is 17.4 Å². The van der Waals surface area contributed by atoms with Crippen LogP contribution in [0.1, 0.15) is 16.7 Å². The molecule has 2 heteroatoms. The van der Waals surface area contributed by atoms with Gasteiger partial charge in [-0.15, -0.1) is 0 Å². The summed E-state index contributed by atoms with van der Waals surface area (Å²) in [6.07, 6.45) is 0.963. The van der Waals surface area contributed by atoms with Crippen LogP contribution < -0.4 is 5.32 Å². The number of fused-ring (bicyclic) bond motifs is 1. The Labute approximate surface area is 110 Å². The van der Waals surface area contributed by atoms with E-state index in [1.807, 2.05) is 0 Å². The van der Waals surface area contributed by atoms with Gasteiger partial charge in [0.05, 0.1) is 0 Å². The van der Waals surface area contributed by atoms with Crippen molar-refractivity contribution < 1.29 is 0 Å². The fourth-order valence-corrected chi connectivity index (χ4v) is 3.28. The largest absolute Gasteiger partial charge is 0.294 e. The summed E-state index contributed by atoms with van der Waals surface area (Å²) in [5.74, 6) is 0. The van der Waals surface area contributed by atoms with Gasteiger partial charge in [0.1, 0.15) is 4.45 Å². The van der Waals surface area contributed by atoms with Crippen LogP contribution in [-0.2, 0) is 17.4 Å². The minimum absolute atomic E-state index is 0.106. The van der Waals surface area contributed by atoms with Gasteiger partial charge >= 0.3 is 0 Å². The molecule has 1 atom stereocenters. The third-order valence-electron chi connectivity index (χ3n) is 3.29. The molecule has 1 nitrogen and oxygen atoms in total. The number of hydrogen-bond donors (Lipinski definition) is 1. The first-order valence-electron chi connectivity index (χ1n) is 5.84. The molecule has 0 bridgehead atoms. The molecule has 1 aliphatic heterocycles. The Hall–Kier alpha value is -1.12. The Morgan fingerprint density at radius 3 is 2.53 bits per heavy atom. The molecule has 0 spiro atoms. The standard InChI is InChI=1S/C15H14BrN/c16-15(10-12-6-2-1-3-7-12)14-9-5-4-8-13(14)11-17-15/h1-9,17H,10-11H2. The van der Waals surface area contributed by atoms with Crippen LogP contribution in [0.3, 0.4) is 0 Å². The molecule has 1 heterocycles. The molecule has 0 amide bonds. The van der Waals surface area contributed by atoms with E-state index in [0.29, 0.717) is 0 Å². The number of benzene rings is 2. The zero-order valence-corrected chi connectivity index (χ0v) is 11.1. The number of hydrogen-bond acceptors (Lipinski definition) is 1. The van der Waals surface area contributed by atoms with Gasteiger partial charge in [0, 0.05) is 13.0 Å². The Kier molecular flexibility index (Phi) is 2.77. The first kappa shape index (κ1) is 11.0. The van der Waals surface area contributed by atoms with E-state index in [9.17, 15) is 0 Å². The first-order chi connectivity index (χ1) is 8.28. The maximum atomic E-state index is 3.87. The highest BCUT2D eigenvalue weighted by molar-refractivity contribution is 9.09. The van der Waals surface area contributed by atoms with Gasteiger partial charge in [-0.1, -0.05) is 70.5 Å². The van der Waals surface area contributed by atoms with E-state index in [-0.39, 0.29) is 4.45 Å². The van der Waals surface area contributed by atoms with Crippen molar-refractivity contribution in [3.05, 3.63) is 71.3 Å². The number of halogens is 1. The number of nitrogens with one attached hydrogen (secondary N) is 1. The minimum Gasteiger partial charge on any atom is -0.294 e. The summed E-state index contributed by atoms with van der Waals surface area (Å²) in [7, 11) is 0. The predicted molar refractivity (Wildman–Crippen MR) is 74.0 cm³/mol. The quantitative estimate of drug-likeness (QED) is 0.658. The predicted octanol–water partition coefficient (Wildman–Crippen LogP) is 3.58. The van der Waals surface area contributed by atoms with Crippen LogP contribution in [-0.4, -0.2) is 0 Å². The molecule has 1 N–H and O–H groups in total. The summed E-state index contributed by atoms with van der Waals surface area (Å²) in [5.41, 5.74) is 4.10. The topological polar surface area (TPSA) is 12.0 Å². The lowest BCUT2D eigenvalue weighted by atomic mass is 9.98. The summed E-state index contributed by atoms with van der Waals surface area (Å²) >= 11 is 3.87. The maximum Gasteiger partial charge on any atom is 0.104 e. The zero-order valence-electron chi connectivity index (χ0n) is 9.49. The zero-order chi connectivity index (χ0) is 11.7. The summed E-state index contributed by atoms with van der Waals surface area (Å²) in [6.45, 7) is 0.939. The van der Waals surface area contributed by atoms with Crippen molar-refractivity contribution in [3.8, 4) is 0 Å². The average molecular weight is 288 g/mol.